The highest BCUT2D eigenvalue weighted by Crippen LogP contribution is 2.38. The van der Waals surface area contributed by atoms with Crippen molar-refractivity contribution in [3.8, 4) is 11.5 Å². The normalized spacial score (nSPS) is 10.2. The van der Waals surface area contributed by atoms with E-state index in [4.69, 9.17) is 33.0 Å². The summed E-state index contributed by atoms with van der Waals surface area (Å²) in [7, 11) is 0. The summed E-state index contributed by atoms with van der Waals surface area (Å²) in [6.07, 6.45) is 0. The fourth-order valence-electron chi connectivity index (χ4n) is 1.61. The summed E-state index contributed by atoms with van der Waals surface area (Å²) >= 11 is 11.7. The lowest BCUT2D eigenvalue weighted by atomic mass is 10.2. The average molecular weight is 328 g/mol. The van der Waals surface area contributed by atoms with Crippen LogP contribution in [0.1, 0.15) is 10.4 Å². The van der Waals surface area contributed by atoms with Crippen LogP contribution in [-0.2, 0) is 0 Å². The summed E-state index contributed by atoms with van der Waals surface area (Å²) in [6, 6.07) is 7.84. The number of hydrogen-bond donors (Lipinski definition) is 1. The Kier molecular flexibility index (Phi) is 4.30. The van der Waals surface area contributed by atoms with Gasteiger partial charge in [-0.15, -0.1) is 0 Å². The van der Waals surface area contributed by atoms with Crippen LogP contribution >= 0.6 is 23.2 Å². The van der Waals surface area contributed by atoms with Crippen LogP contribution < -0.4 is 4.74 Å². The lowest BCUT2D eigenvalue weighted by Crippen LogP contribution is -2.01. The maximum Gasteiger partial charge on any atom is 0.339 e. The van der Waals surface area contributed by atoms with Gasteiger partial charge in [0.2, 0.25) is 5.75 Å². The molecule has 2 rings (SSSR count). The molecule has 0 heterocycles. The Morgan fingerprint density at radius 2 is 1.95 bits per heavy atom. The molecule has 0 amide bonds. The molecule has 0 saturated heterocycles. The minimum absolute atomic E-state index is 0.0178. The van der Waals surface area contributed by atoms with Gasteiger partial charge in [-0.05, 0) is 18.2 Å². The van der Waals surface area contributed by atoms with Crippen molar-refractivity contribution >= 4 is 34.9 Å². The largest absolute Gasteiger partial charge is 0.478 e. The fourth-order valence-corrected chi connectivity index (χ4v) is 1.99. The molecule has 2 aromatic rings. The van der Waals surface area contributed by atoms with Crippen molar-refractivity contribution in [3.05, 3.63) is 62.1 Å². The Labute approximate surface area is 128 Å². The zero-order valence-corrected chi connectivity index (χ0v) is 11.8. The summed E-state index contributed by atoms with van der Waals surface area (Å²) in [5.74, 6) is -1.64. The van der Waals surface area contributed by atoms with E-state index in [0.717, 1.165) is 6.07 Å². The summed E-state index contributed by atoms with van der Waals surface area (Å²) in [6.45, 7) is 0. The molecule has 0 radical (unpaired) electrons. The van der Waals surface area contributed by atoms with E-state index in [1.807, 2.05) is 0 Å². The SMILES string of the molecule is O=C(O)c1cccc(Cl)c1Oc1cc(Cl)ccc1[N+](=O)[O-]. The monoisotopic (exact) mass is 327 g/mol. The highest BCUT2D eigenvalue weighted by molar-refractivity contribution is 6.32. The van der Waals surface area contributed by atoms with E-state index < -0.39 is 10.9 Å². The molecule has 1 N–H and O–H groups in total. The van der Waals surface area contributed by atoms with Gasteiger partial charge in [-0.25, -0.2) is 4.79 Å². The van der Waals surface area contributed by atoms with Gasteiger partial charge >= 0.3 is 11.7 Å². The van der Waals surface area contributed by atoms with Gasteiger partial charge in [-0.3, -0.25) is 10.1 Å². The molecule has 0 bridgehead atoms. The second-order valence-corrected chi connectivity index (χ2v) is 4.74. The predicted octanol–water partition coefficient (Wildman–Crippen LogP) is 4.39. The number of nitro groups is 1. The van der Waals surface area contributed by atoms with Crippen LogP contribution in [0.15, 0.2) is 36.4 Å². The molecule has 0 atom stereocenters. The van der Waals surface area contributed by atoms with E-state index in [9.17, 15) is 14.9 Å². The molecule has 2 aromatic carbocycles. The van der Waals surface area contributed by atoms with Crippen LogP contribution in [-0.4, -0.2) is 16.0 Å². The summed E-state index contributed by atoms with van der Waals surface area (Å²) in [4.78, 5) is 21.4. The topological polar surface area (TPSA) is 89.7 Å². The standard InChI is InChI=1S/C13H7Cl2NO5/c14-7-4-5-10(16(19)20)11(6-7)21-12-8(13(17)18)2-1-3-9(12)15/h1-6H,(H,17,18). The van der Waals surface area contributed by atoms with Crippen molar-refractivity contribution in [3.63, 3.8) is 0 Å². The predicted molar refractivity (Wildman–Crippen MR) is 76.6 cm³/mol. The molecule has 0 aliphatic rings. The van der Waals surface area contributed by atoms with E-state index in [1.165, 1.54) is 30.3 Å². The van der Waals surface area contributed by atoms with E-state index >= 15 is 0 Å². The zero-order chi connectivity index (χ0) is 15.6. The van der Waals surface area contributed by atoms with Crippen molar-refractivity contribution in [2.45, 2.75) is 0 Å². The van der Waals surface area contributed by atoms with Gasteiger partial charge < -0.3 is 9.84 Å². The first kappa shape index (κ1) is 15.1. The third-order valence-corrected chi connectivity index (χ3v) is 3.06. The first-order valence-corrected chi connectivity index (χ1v) is 6.29. The quantitative estimate of drug-likeness (QED) is 0.664. The van der Waals surface area contributed by atoms with Crippen LogP contribution in [0.3, 0.4) is 0 Å². The number of rotatable bonds is 4. The molecule has 0 aliphatic carbocycles. The number of halogens is 2. The average Bonchev–Trinajstić information content (AvgIpc) is 2.40. The van der Waals surface area contributed by atoms with Crippen molar-refractivity contribution in [2.24, 2.45) is 0 Å². The minimum atomic E-state index is -1.27. The molecule has 0 spiro atoms. The second-order valence-electron chi connectivity index (χ2n) is 3.89. The first-order valence-electron chi connectivity index (χ1n) is 5.53. The Bertz CT molecular complexity index is 732. The van der Waals surface area contributed by atoms with Crippen molar-refractivity contribution < 1.29 is 19.6 Å². The van der Waals surface area contributed by atoms with Crippen molar-refractivity contribution in [1.29, 1.82) is 0 Å². The number of carboxylic acid groups (broad SMARTS) is 1. The van der Waals surface area contributed by atoms with Gasteiger partial charge in [-0.2, -0.15) is 0 Å². The molecule has 0 fully saturated rings. The first-order chi connectivity index (χ1) is 9.90. The summed E-state index contributed by atoms with van der Waals surface area (Å²) in [5.41, 5.74) is -0.563. The Hall–Kier alpha value is -2.31. The fraction of sp³-hybridized carbons (Fsp3) is 0. The molecule has 108 valence electrons. The van der Waals surface area contributed by atoms with Gasteiger partial charge in [-0.1, -0.05) is 29.3 Å². The molecule has 6 nitrogen and oxygen atoms in total. The minimum Gasteiger partial charge on any atom is -0.478 e. The Balaban J connectivity index is 2.55. The van der Waals surface area contributed by atoms with Gasteiger partial charge in [0, 0.05) is 17.2 Å². The molecule has 0 unspecified atom stereocenters. The van der Waals surface area contributed by atoms with Crippen LogP contribution in [0.25, 0.3) is 0 Å². The molecule has 21 heavy (non-hydrogen) atoms. The highest BCUT2D eigenvalue weighted by atomic mass is 35.5. The van der Waals surface area contributed by atoms with Crippen LogP contribution in [0.2, 0.25) is 10.0 Å². The number of ether oxygens (including phenoxy) is 1. The van der Waals surface area contributed by atoms with Gasteiger partial charge in [0.15, 0.2) is 5.75 Å². The number of benzene rings is 2. The van der Waals surface area contributed by atoms with Gasteiger partial charge in [0.1, 0.15) is 5.56 Å². The third-order valence-electron chi connectivity index (χ3n) is 2.53. The molecular weight excluding hydrogens is 321 g/mol. The van der Waals surface area contributed by atoms with Gasteiger partial charge in [0.05, 0.1) is 9.95 Å². The van der Waals surface area contributed by atoms with Crippen LogP contribution in [0.5, 0.6) is 11.5 Å². The van der Waals surface area contributed by atoms with Gasteiger partial charge in [0.25, 0.3) is 0 Å². The second kappa shape index (κ2) is 5.99. The summed E-state index contributed by atoms with van der Waals surface area (Å²) < 4.78 is 5.34. The smallest absolute Gasteiger partial charge is 0.339 e. The van der Waals surface area contributed by atoms with E-state index in [-0.39, 0.29) is 32.8 Å². The number of nitrogens with zero attached hydrogens (tertiary/aromatic N) is 1. The van der Waals surface area contributed by atoms with Crippen LogP contribution in [0, 0.1) is 10.1 Å². The molecule has 8 heteroatoms. The number of hydrogen-bond acceptors (Lipinski definition) is 4. The number of carbonyl (C=O) groups is 1. The number of para-hydroxylation sites is 1. The number of aromatic carboxylic acids is 1. The van der Waals surface area contributed by atoms with E-state index in [2.05, 4.69) is 0 Å². The zero-order valence-electron chi connectivity index (χ0n) is 10.2. The molecule has 0 aliphatic heterocycles. The highest BCUT2D eigenvalue weighted by Gasteiger charge is 2.21. The number of nitro benzene ring substituents is 1. The molecule has 0 aromatic heterocycles. The maximum atomic E-state index is 11.2. The molecule has 0 saturated carbocycles. The Morgan fingerprint density at radius 3 is 2.57 bits per heavy atom. The summed E-state index contributed by atoms with van der Waals surface area (Å²) in [5, 5.41) is 20.3. The maximum absolute atomic E-state index is 11.2. The lowest BCUT2D eigenvalue weighted by Gasteiger charge is -2.10. The molecular formula is C13H7Cl2NO5. The van der Waals surface area contributed by atoms with Crippen LogP contribution in [0.4, 0.5) is 5.69 Å². The third kappa shape index (κ3) is 3.24. The lowest BCUT2D eigenvalue weighted by molar-refractivity contribution is -0.385. The number of carboxylic acids is 1. The Morgan fingerprint density at radius 1 is 1.24 bits per heavy atom. The van der Waals surface area contributed by atoms with E-state index in [0.29, 0.717) is 0 Å². The van der Waals surface area contributed by atoms with Crippen molar-refractivity contribution in [1.82, 2.24) is 0 Å². The van der Waals surface area contributed by atoms with Crippen molar-refractivity contribution in [2.75, 3.05) is 0 Å². The van der Waals surface area contributed by atoms with E-state index in [1.54, 1.807) is 0 Å².